The Kier molecular flexibility index (Phi) is 5.58. The predicted molar refractivity (Wildman–Crippen MR) is 111 cm³/mol. The van der Waals surface area contributed by atoms with Crippen LogP contribution < -0.4 is 10.1 Å². The predicted octanol–water partition coefficient (Wildman–Crippen LogP) is 4.01. The van der Waals surface area contributed by atoms with E-state index in [1.54, 1.807) is 30.3 Å². The number of pyridine rings is 1. The van der Waals surface area contributed by atoms with Gasteiger partial charge in [0, 0.05) is 17.7 Å². The van der Waals surface area contributed by atoms with Gasteiger partial charge in [-0.25, -0.2) is 14.2 Å². The number of halogens is 1. The van der Waals surface area contributed by atoms with E-state index in [9.17, 15) is 24.1 Å². The third-order valence-electron chi connectivity index (χ3n) is 4.59. The van der Waals surface area contributed by atoms with Crippen molar-refractivity contribution in [2.24, 2.45) is 0 Å². The minimum atomic E-state index is -0.631. The van der Waals surface area contributed by atoms with Crippen molar-refractivity contribution in [1.82, 2.24) is 15.2 Å². The van der Waals surface area contributed by atoms with Gasteiger partial charge in [0.15, 0.2) is 0 Å². The molecule has 2 aromatic carbocycles. The van der Waals surface area contributed by atoms with Crippen molar-refractivity contribution in [3.8, 4) is 11.6 Å². The van der Waals surface area contributed by atoms with Gasteiger partial charge in [-0.05, 0) is 29.8 Å². The summed E-state index contributed by atoms with van der Waals surface area (Å²) in [6, 6.07) is 14.5. The number of amides is 3. The lowest BCUT2D eigenvalue weighted by atomic mass is 10.1. The summed E-state index contributed by atoms with van der Waals surface area (Å²) in [6.07, 6.45) is 2.59. The summed E-state index contributed by atoms with van der Waals surface area (Å²) in [6.45, 7) is -0.177. The van der Waals surface area contributed by atoms with Crippen LogP contribution in [0.25, 0.3) is 6.08 Å². The van der Waals surface area contributed by atoms with Crippen molar-refractivity contribution in [2.75, 3.05) is 0 Å². The molecule has 1 aliphatic heterocycles. The van der Waals surface area contributed by atoms with Crippen molar-refractivity contribution < 1.29 is 23.6 Å². The molecule has 0 atom stereocenters. The highest BCUT2D eigenvalue weighted by molar-refractivity contribution is 6.13. The van der Waals surface area contributed by atoms with Gasteiger partial charge < -0.3 is 10.1 Å². The molecule has 1 saturated heterocycles. The van der Waals surface area contributed by atoms with Gasteiger partial charge in [0.2, 0.25) is 5.88 Å². The highest BCUT2D eigenvalue weighted by Gasteiger charge is 2.33. The van der Waals surface area contributed by atoms with Gasteiger partial charge in [0.25, 0.3) is 11.6 Å². The molecule has 4 rings (SSSR count). The number of hydrogen-bond donors (Lipinski definition) is 1. The Morgan fingerprint density at radius 1 is 1.09 bits per heavy atom. The van der Waals surface area contributed by atoms with Gasteiger partial charge in [0.1, 0.15) is 23.5 Å². The van der Waals surface area contributed by atoms with Gasteiger partial charge >= 0.3 is 6.03 Å². The number of benzene rings is 2. The fourth-order valence-corrected chi connectivity index (χ4v) is 2.97. The molecule has 1 fully saturated rings. The number of hydrogen-bond acceptors (Lipinski definition) is 6. The highest BCUT2D eigenvalue weighted by atomic mass is 19.1. The van der Waals surface area contributed by atoms with Crippen molar-refractivity contribution >= 4 is 23.7 Å². The van der Waals surface area contributed by atoms with Gasteiger partial charge in [-0.1, -0.05) is 30.3 Å². The Morgan fingerprint density at radius 2 is 1.84 bits per heavy atom. The zero-order valence-corrected chi connectivity index (χ0v) is 16.4. The molecule has 0 spiro atoms. The first kappa shape index (κ1) is 20.7. The lowest BCUT2D eigenvalue weighted by molar-refractivity contribution is -0.385. The van der Waals surface area contributed by atoms with E-state index in [4.69, 9.17) is 4.74 Å². The maximum atomic E-state index is 13.9. The lowest BCUT2D eigenvalue weighted by Gasteiger charge is -2.12. The number of nitrogens with zero attached hydrogens (tertiary/aromatic N) is 3. The van der Waals surface area contributed by atoms with E-state index in [1.807, 2.05) is 0 Å². The second-order valence-corrected chi connectivity index (χ2v) is 6.75. The number of carbonyl (C=O) groups excluding carboxylic acids is 2. The van der Waals surface area contributed by atoms with Gasteiger partial charge in [-0.2, -0.15) is 0 Å². The molecular formula is C22H15FN4O5. The molecule has 3 amide bonds. The standard InChI is InChI=1S/C22H15FN4O5/c23-18-4-2-1-3-15(18)13-26-21(28)19(25-22(26)29)11-14-5-8-17(9-6-14)32-20-10-7-16(12-24-20)27(30)31/h1-12H,13H2,(H,25,29)/b19-11+. The maximum absolute atomic E-state index is 13.9. The molecule has 1 aliphatic rings. The summed E-state index contributed by atoms with van der Waals surface area (Å²) in [7, 11) is 0. The Labute approximate surface area is 180 Å². The van der Waals surface area contributed by atoms with Gasteiger partial charge in [-0.3, -0.25) is 19.8 Å². The van der Waals surface area contributed by atoms with Crippen LogP contribution in [0.15, 0.2) is 72.6 Å². The summed E-state index contributed by atoms with van der Waals surface area (Å²) in [5.41, 5.74) is 0.771. The van der Waals surface area contributed by atoms with E-state index in [2.05, 4.69) is 10.3 Å². The Hall–Kier alpha value is -4.60. The largest absolute Gasteiger partial charge is 0.439 e. The molecule has 160 valence electrons. The van der Waals surface area contributed by atoms with Crippen LogP contribution in [0.4, 0.5) is 14.9 Å². The van der Waals surface area contributed by atoms with Crippen LogP contribution in [-0.2, 0) is 11.3 Å². The zero-order valence-electron chi connectivity index (χ0n) is 16.4. The summed E-state index contributed by atoms with van der Waals surface area (Å²) in [5, 5.41) is 13.2. The minimum Gasteiger partial charge on any atom is -0.439 e. The van der Waals surface area contributed by atoms with Crippen molar-refractivity contribution in [2.45, 2.75) is 6.54 Å². The smallest absolute Gasteiger partial charge is 0.329 e. The Bertz CT molecular complexity index is 1230. The number of ether oxygens (including phenoxy) is 1. The molecule has 0 radical (unpaired) electrons. The van der Waals surface area contributed by atoms with Crippen molar-refractivity contribution in [3.63, 3.8) is 0 Å². The molecule has 0 saturated carbocycles. The number of rotatable bonds is 6. The number of urea groups is 1. The summed E-state index contributed by atoms with van der Waals surface area (Å²) < 4.78 is 19.4. The molecule has 0 aliphatic carbocycles. The number of imide groups is 1. The van der Waals surface area contributed by atoms with E-state index < -0.39 is 22.7 Å². The third kappa shape index (κ3) is 4.43. The van der Waals surface area contributed by atoms with Crippen molar-refractivity contribution in [1.29, 1.82) is 0 Å². The van der Waals surface area contributed by atoms with Gasteiger partial charge in [0.05, 0.1) is 11.5 Å². The highest BCUT2D eigenvalue weighted by Crippen LogP contribution is 2.23. The van der Waals surface area contributed by atoms with Crippen LogP contribution in [-0.4, -0.2) is 26.7 Å². The van der Waals surface area contributed by atoms with Crippen LogP contribution in [0.5, 0.6) is 11.6 Å². The first-order valence-electron chi connectivity index (χ1n) is 9.37. The van der Waals surface area contributed by atoms with Crippen LogP contribution >= 0.6 is 0 Å². The van der Waals surface area contributed by atoms with Crippen LogP contribution in [0, 0.1) is 15.9 Å². The van der Waals surface area contributed by atoms with E-state index in [0.29, 0.717) is 11.3 Å². The second-order valence-electron chi connectivity index (χ2n) is 6.75. The number of carbonyl (C=O) groups is 2. The lowest BCUT2D eigenvalue weighted by Crippen LogP contribution is -2.30. The fraction of sp³-hybridized carbons (Fsp3) is 0.0455. The third-order valence-corrected chi connectivity index (χ3v) is 4.59. The van der Waals surface area contributed by atoms with Crippen LogP contribution in [0.2, 0.25) is 0 Å². The molecule has 1 aromatic heterocycles. The molecule has 10 heteroatoms. The first-order valence-corrected chi connectivity index (χ1v) is 9.37. The minimum absolute atomic E-state index is 0.0667. The molecule has 0 unspecified atom stereocenters. The zero-order chi connectivity index (χ0) is 22.7. The average Bonchev–Trinajstić information content (AvgIpc) is 3.04. The van der Waals surface area contributed by atoms with E-state index in [-0.39, 0.29) is 29.4 Å². The summed E-state index contributed by atoms with van der Waals surface area (Å²) in [5.74, 6) is -0.447. The second kappa shape index (κ2) is 8.64. The molecule has 0 bridgehead atoms. The van der Waals surface area contributed by atoms with Gasteiger partial charge in [-0.15, -0.1) is 0 Å². The normalized spacial score (nSPS) is 14.5. The summed E-state index contributed by atoms with van der Waals surface area (Å²) in [4.78, 5) is 39.7. The quantitative estimate of drug-likeness (QED) is 0.271. The van der Waals surface area contributed by atoms with Crippen LogP contribution in [0.1, 0.15) is 11.1 Å². The van der Waals surface area contributed by atoms with Crippen molar-refractivity contribution in [3.05, 3.63) is 99.6 Å². The SMILES string of the molecule is O=C1N/C(=C/c2ccc(Oc3ccc([N+](=O)[O-])cn3)cc2)C(=O)N1Cc1ccccc1F. The monoisotopic (exact) mass is 434 g/mol. The Balaban J connectivity index is 1.44. The maximum Gasteiger partial charge on any atom is 0.329 e. The molecule has 9 nitrogen and oxygen atoms in total. The molecule has 32 heavy (non-hydrogen) atoms. The van der Waals surface area contributed by atoms with E-state index in [0.717, 1.165) is 11.1 Å². The molecule has 2 heterocycles. The molecule has 3 aromatic rings. The average molecular weight is 434 g/mol. The first-order chi connectivity index (χ1) is 15.4. The van der Waals surface area contributed by atoms with E-state index in [1.165, 1.54) is 36.4 Å². The van der Waals surface area contributed by atoms with Crippen LogP contribution in [0.3, 0.4) is 0 Å². The number of nitrogens with one attached hydrogen (secondary N) is 1. The molecular weight excluding hydrogens is 419 g/mol. The number of nitro groups is 1. The topological polar surface area (TPSA) is 115 Å². The van der Waals surface area contributed by atoms with E-state index >= 15 is 0 Å². The summed E-state index contributed by atoms with van der Waals surface area (Å²) >= 11 is 0. The Morgan fingerprint density at radius 3 is 2.50 bits per heavy atom. The fourth-order valence-electron chi connectivity index (χ4n) is 2.97. The molecule has 1 N–H and O–H groups in total. The number of aromatic nitrogens is 1.